The van der Waals surface area contributed by atoms with Crippen molar-refractivity contribution < 1.29 is 116 Å². The number of unbranched alkanes of at least 4 members (excludes halogenated alkanes) is 1. The summed E-state index contributed by atoms with van der Waals surface area (Å²) in [6, 6.07) is -9.29. The third-order valence-electron chi connectivity index (χ3n) is 24.8. The van der Waals surface area contributed by atoms with Gasteiger partial charge >= 0.3 is 11.9 Å². The van der Waals surface area contributed by atoms with Gasteiger partial charge in [-0.1, -0.05) is 122 Å². The number of aliphatic hydroxyl groups excluding tert-OH is 2. The molecule has 2 aromatic carbocycles. The van der Waals surface area contributed by atoms with Gasteiger partial charge in [0.05, 0.1) is 43.1 Å². The van der Waals surface area contributed by atoms with Crippen molar-refractivity contribution in [2.24, 2.45) is 52.3 Å². The molecule has 0 bridgehead atoms. The Morgan fingerprint density at radius 2 is 0.803 bits per heavy atom. The summed E-state index contributed by atoms with van der Waals surface area (Å²) in [4.78, 5) is 291. The van der Waals surface area contributed by atoms with E-state index >= 15 is 14.4 Å². The molecular weight excluding hydrogens is 1850 g/mol. The highest BCUT2D eigenvalue weighted by molar-refractivity contribution is 6.03. The topological polar surface area (TPSA) is 783 Å². The van der Waals surface area contributed by atoms with Gasteiger partial charge in [-0.15, -0.1) is 0 Å². The summed E-state index contributed by atoms with van der Waals surface area (Å²) >= 11 is 0. The lowest BCUT2D eigenvalue weighted by Crippen LogP contribution is -2.63. The molecule has 18 amide bonds. The molecule has 0 spiro atoms. The number of aromatic amines is 1. The molecule has 3 saturated heterocycles. The smallest absolute Gasteiger partial charge is 0.326 e. The highest BCUT2D eigenvalue weighted by Crippen LogP contribution is 2.26. The highest BCUT2D eigenvalue weighted by atomic mass is 16.4. The Bertz CT molecular complexity index is 4860. The van der Waals surface area contributed by atoms with Crippen molar-refractivity contribution in [2.75, 3.05) is 32.7 Å². The largest absolute Gasteiger partial charge is 0.481 e. The van der Waals surface area contributed by atoms with Crippen molar-refractivity contribution in [3.63, 3.8) is 0 Å². The number of nitrogens with two attached hydrogens (primary N) is 5. The number of aliphatic carboxylic acids is 2. The van der Waals surface area contributed by atoms with Gasteiger partial charge in [-0.05, 0) is 132 Å². The Morgan fingerprint density at radius 1 is 0.430 bits per heavy atom. The molecule has 20 atom stereocenters. The van der Waals surface area contributed by atoms with Gasteiger partial charge in [-0.25, -0.2) is 9.78 Å². The summed E-state index contributed by atoms with van der Waals surface area (Å²) in [7, 11) is 0. The first-order valence-electron chi connectivity index (χ1n) is 47.9. The number of carbonyl (C=O) groups excluding carboxylic acids is 18. The van der Waals surface area contributed by atoms with Gasteiger partial charge in [-0.3, -0.25) is 96.5 Å². The molecule has 3 aliphatic heterocycles. The van der Waals surface area contributed by atoms with Crippen molar-refractivity contribution >= 4 is 124 Å². The second kappa shape index (κ2) is 57.2. The van der Waals surface area contributed by atoms with Crippen LogP contribution in [0.2, 0.25) is 0 Å². The third-order valence-corrected chi connectivity index (χ3v) is 24.8. The molecule has 784 valence electrons. The number of aliphatic hydroxyl groups is 2. The first-order chi connectivity index (χ1) is 67.1. The molecule has 1 aromatic heterocycles. The van der Waals surface area contributed by atoms with E-state index in [0.29, 0.717) is 17.5 Å². The normalized spacial score (nSPS) is 18.1. The fourth-order valence-corrected chi connectivity index (χ4v) is 16.6. The quantitative estimate of drug-likeness (QED) is 0.0142. The van der Waals surface area contributed by atoms with Crippen LogP contribution in [0.1, 0.15) is 189 Å². The molecule has 0 unspecified atom stereocenters. The molecule has 0 aliphatic carbocycles. The number of hydrogen-bond acceptors (Lipinski definition) is 26. The molecule has 0 saturated carbocycles. The van der Waals surface area contributed by atoms with E-state index < -0.39 is 282 Å². The van der Waals surface area contributed by atoms with Crippen LogP contribution in [-0.4, -0.2) is 317 Å². The summed E-state index contributed by atoms with van der Waals surface area (Å²) in [5, 5.41) is 85.0. The predicted molar refractivity (Wildman–Crippen MR) is 511 cm³/mol. The van der Waals surface area contributed by atoms with Crippen LogP contribution in [0, 0.1) is 29.1 Å². The second-order valence-corrected chi connectivity index (χ2v) is 37.1. The number of hydrogen-bond donors (Lipinski definition) is 25. The van der Waals surface area contributed by atoms with E-state index in [1.54, 1.807) is 102 Å². The number of amides is 18. The van der Waals surface area contributed by atoms with Crippen molar-refractivity contribution in [3.05, 3.63) is 90.0 Å². The lowest BCUT2D eigenvalue weighted by atomic mass is 9.95. The van der Waals surface area contributed by atoms with Gasteiger partial charge in [0.2, 0.25) is 106 Å². The molecule has 142 heavy (non-hydrogen) atoms. The van der Waals surface area contributed by atoms with E-state index in [0.717, 1.165) is 14.7 Å². The number of nitrogens with one attached hydrogen (secondary N) is 16. The van der Waals surface area contributed by atoms with Gasteiger partial charge < -0.3 is 143 Å². The number of benzene rings is 2. The van der Waals surface area contributed by atoms with Crippen LogP contribution in [0.25, 0.3) is 0 Å². The number of carboxylic acid groups (broad SMARTS) is 2. The zero-order valence-corrected chi connectivity index (χ0v) is 81.8. The number of likely N-dealkylation sites (tertiary alicyclic amines) is 3. The summed E-state index contributed by atoms with van der Waals surface area (Å²) in [6.45, 7) is 15.1. The molecule has 3 fully saturated rings. The number of H-pyrrole nitrogens is 1. The van der Waals surface area contributed by atoms with Crippen molar-refractivity contribution in [2.45, 2.75) is 306 Å². The minimum Gasteiger partial charge on any atom is -0.481 e. The van der Waals surface area contributed by atoms with Crippen LogP contribution in [0.5, 0.6) is 0 Å². The van der Waals surface area contributed by atoms with Crippen molar-refractivity contribution in [3.8, 4) is 0 Å². The monoisotopic (exact) mass is 1990 g/mol. The zero-order valence-electron chi connectivity index (χ0n) is 81.8. The van der Waals surface area contributed by atoms with E-state index in [4.69, 9.17) is 39.2 Å². The van der Waals surface area contributed by atoms with E-state index in [-0.39, 0.29) is 135 Å². The molecule has 6 rings (SSSR count). The lowest BCUT2D eigenvalue weighted by Gasteiger charge is -2.33. The maximum atomic E-state index is 15.3. The molecule has 49 heteroatoms. The van der Waals surface area contributed by atoms with Crippen LogP contribution in [-0.2, 0) is 115 Å². The van der Waals surface area contributed by atoms with Crippen LogP contribution >= 0.6 is 0 Å². The number of aromatic nitrogens is 2. The van der Waals surface area contributed by atoms with E-state index in [1.807, 2.05) is 0 Å². The maximum absolute atomic E-state index is 15.3. The zero-order chi connectivity index (χ0) is 106. The Kier molecular flexibility index (Phi) is 47.0. The Labute approximate surface area is 822 Å². The molecule has 30 N–H and O–H groups in total. The van der Waals surface area contributed by atoms with Crippen molar-refractivity contribution in [1.82, 2.24) is 99.1 Å². The molecule has 4 heterocycles. The van der Waals surface area contributed by atoms with Crippen LogP contribution in [0.4, 0.5) is 0 Å². The van der Waals surface area contributed by atoms with E-state index in [2.05, 4.69) is 84.4 Å². The first-order valence-corrected chi connectivity index (χ1v) is 47.9. The van der Waals surface area contributed by atoms with Gasteiger partial charge in [0.1, 0.15) is 96.7 Å². The first kappa shape index (κ1) is 117. The van der Waals surface area contributed by atoms with Gasteiger partial charge in [-0.2, -0.15) is 0 Å². The number of guanidine groups is 1. The Balaban J connectivity index is 1.20. The Morgan fingerprint density at radius 3 is 1.25 bits per heavy atom. The molecule has 3 aliphatic rings. The van der Waals surface area contributed by atoms with Gasteiger partial charge in [0.25, 0.3) is 0 Å². The summed E-state index contributed by atoms with van der Waals surface area (Å²) < 4.78 is 0. The Hall–Kier alpha value is -13.8. The number of nitrogens with zero attached hydrogens (tertiary/aromatic N) is 4. The molecule has 49 nitrogen and oxygen atoms in total. The molecule has 0 radical (unpaired) electrons. The average Bonchev–Trinajstić information content (AvgIpc) is 1.70. The van der Waals surface area contributed by atoms with Gasteiger partial charge in [0, 0.05) is 58.1 Å². The number of primary amides is 2. The SMILES string of the molecule is CC[C@H](C)[C@H](NC(=O)[C@H](CC(N)=O)NC(=O)[C@H](CCCCN)NC(=O)[C@H](Cc1ccccc1)NC(=O)[C@H](Cc1ccccc1)NC(=O)[C@H](Cc1c[nH]cn1)NC(=O)[C@@H](NC(=O)[C@@H](NC(=O)[C@@H]1CCCN1C(=O)[C@H](CC(N)=O)NC(=O)[C@@H](N)CCC(=O)O)C(C)C)C(C)C)C(=O)N[C@H](C(=O)N[C@H](C(=O)N1CCC[C@H]1C(=O)N[C@@H](CCCNC(=N)N)C(=O)N[C@H](C(=O)N1CCC[C@H]1C(=O)O)[C@@H](C)O)[C@@H](C)O)C(C)C. The standard InChI is InChI=1S/C93H143N25O24/c1-11-50(8)73(88(137)112-72(49(6)7)87(136)115-75(52(10)120)90(139)117-38-22-30-64(117)83(132)104-58(29-20-36-101-93(98)99)78(127)114-74(51(9)119)91(140)118-39-23-32-66(118)92(141)142)113-82(131)62(43-67(96)121)107-77(126)57(28-18-19-35-94)103-79(128)59(40-53-24-14-12-15-25-53)105-80(129)60(41-54-26-16-13-17-27-54)106-81(130)61(42-55-45-100-46-102-55)108-85(134)70(47(2)3)111-86(135)71(48(4)5)110-84(133)65-31-21-37-116(65)89(138)63(44-68(97)122)109-76(125)56(95)33-34-69(123)124/h12-17,24-27,45-52,56-66,70-75,119-120H,11,18-23,28-44,94-95H2,1-10H3,(H2,96,121)(H2,97,122)(H,100,102)(H,103,128)(H,104,132)(H,105,129)(H,106,130)(H,107,126)(H,108,134)(H,109,125)(H,110,133)(H,111,135)(H,112,137)(H,113,131)(H,114,127)(H,115,136)(H,123,124)(H,141,142)(H4,98,99,101)/t50-,51+,52+,56-,57-,58-,59-,60-,61-,62-,63-,64-,65-,66-,70-,71-,72-,73-,74-,75-/m0/s1. The van der Waals surface area contributed by atoms with E-state index in [9.17, 15) is 96.8 Å². The van der Waals surface area contributed by atoms with Crippen LogP contribution in [0.3, 0.4) is 0 Å². The lowest BCUT2D eigenvalue weighted by molar-refractivity contribution is -0.151. The number of carbonyl (C=O) groups is 20. The minimum absolute atomic E-state index is 0.00944. The summed E-state index contributed by atoms with van der Waals surface area (Å²) in [5.74, 6) is -23.4. The van der Waals surface area contributed by atoms with E-state index in [1.165, 1.54) is 40.2 Å². The number of imidazole rings is 1. The third kappa shape index (κ3) is 36.0. The minimum atomic E-state index is -1.88. The molecule has 3 aromatic rings. The average molecular weight is 2000 g/mol. The van der Waals surface area contributed by atoms with Crippen molar-refractivity contribution in [1.29, 1.82) is 5.41 Å². The molecular formula is C93H143N25O24. The summed E-state index contributed by atoms with van der Waals surface area (Å²) in [5.41, 5.74) is 29.7. The fourth-order valence-electron chi connectivity index (χ4n) is 16.6. The highest BCUT2D eigenvalue weighted by Gasteiger charge is 2.47. The predicted octanol–water partition coefficient (Wildman–Crippen LogP) is -6.09. The van der Waals surface area contributed by atoms with Gasteiger partial charge in [0.15, 0.2) is 5.96 Å². The second-order valence-electron chi connectivity index (χ2n) is 37.1. The maximum Gasteiger partial charge on any atom is 0.326 e. The number of carboxylic acids is 2. The van der Waals surface area contributed by atoms with Crippen LogP contribution < -0.4 is 103 Å². The fraction of sp³-hybridized carbons (Fsp3) is 0.613. The number of rotatable bonds is 58. The summed E-state index contributed by atoms with van der Waals surface area (Å²) in [6.07, 6.45) is -2.34. The van der Waals surface area contributed by atoms with Crippen LogP contribution in [0.15, 0.2) is 73.2 Å².